The fourth-order valence-corrected chi connectivity index (χ4v) is 5.62. The van der Waals surface area contributed by atoms with Crippen molar-refractivity contribution in [1.82, 2.24) is 39.2 Å². The summed E-state index contributed by atoms with van der Waals surface area (Å²) in [4.78, 5) is 25.2. The van der Waals surface area contributed by atoms with Crippen molar-refractivity contribution in [1.29, 1.82) is 0 Å². The number of nitrogens with zero attached hydrogens (tertiary/aromatic N) is 7. The molecule has 1 aromatic carbocycles. The summed E-state index contributed by atoms with van der Waals surface area (Å²) in [6, 6.07) is 5.33. The largest absolute Gasteiger partial charge is 0.507 e. The number of aliphatic hydroxyl groups excluding tert-OH is 2. The van der Waals surface area contributed by atoms with Crippen LogP contribution in [0.4, 0.5) is 5.82 Å². The molecule has 18 heteroatoms. The number of amides is 1. The van der Waals surface area contributed by atoms with Gasteiger partial charge in [-0.25, -0.2) is 9.71 Å². The molecule has 1 aliphatic carbocycles. The minimum absolute atomic E-state index is 0.0203. The number of hydrogen-bond acceptors (Lipinski definition) is 14. The van der Waals surface area contributed by atoms with Crippen LogP contribution in [0, 0.1) is 0 Å². The number of ether oxygens (including phenoxy) is 1. The summed E-state index contributed by atoms with van der Waals surface area (Å²) in [5, 5.41) is 39.5. The Morgan fingerprint density at radius 1 is 1.19 bits per heavy atom. The van der Waals surface area contributed by atoms with E-state index >= 15 is 0 Å². The average Bonchev–Trinajstić information content (AvgIpc) is 3.71. The van der Waals surface area contributed by atoms with E-state index in [0.717, 1.165) is 31.3 Å². The highest BCUT2D eigenvalue weighted by Crippen LogP contribution is 2.33. The Labute approximate surface area is 243 Å². The lowest BCUT2D eigenvalue weighted by Crippen LogP contribution is -2.37. The monoisotopic (exact) mass is 613 g/mol. The lowest BCUT2D eigenvalue weighted by atomic mass is 9.98. The molecule has 0 bridgehead atoms. The maximum absolute atomic E-state index is 12.4. The third-order valence-electron chi connectivity index (χ3n) is 7.12. The lowest BCUT2D eigenvalue weighted by molar-refractivity contribution is -0.0468. The number of para-hydroxylation sites is 1. The molecular formula is C25H27N9O8S. The molecule has 4 heterocycles. The van der Waals surface area contributed by atoms with Gasteiger partial charge in [0.2, 0.25) is 0 Å². The second kappa shape index (κ2) is 11.3. The van der Waals surface area contributed by atoms with Crippen LogP contribution >= 0.6 is 0 Å². The first-order valence-electron chi connectivity index (χ1n) is 13.2. The van der Waals surface area contributed by atoms with E-state index < -0.39 is 53.1 Å². The molecule has 4 aromatic rings. The molecule has 4 atom stereocenters. The predicted molar refractivity (Wildman–Crippen MR) is 147 cm³/mol. The first kappa shape index (κ1) is 28.6. The fourth-order valence-electron chi connectivity index (χ4n) is 4.91. The number of aromatic nitrogens is 7. The van der Waals surface area contributed by atoms with Crippen LogP contribution in [-0.4, -0.2) is 89.1 Å². The van der Waals surface area contributed by atoms with Gasteiger partial charge in [-0.2, -0.15) is 23.1 Å². The zero-order valence-corrected chi connectivity index (χ0v) is 23.2. The minimum atomic E-state index is -4.69. The number of allylic oxidation sites excluding steroid dienone is 2. The van der Waals surface area contributed by atoms with Crippen molar-refractivity contribution in [3.05, 3.63) is 54.1 Å². The number of aromatic hydroxyl groups is 1. The van der Waals surface area contributed by atoms with E-state index in [0.29, 0.717) is 5.69 Å². The first-order chi connectivity index (χ1) is 20.6. The molecule has 0 radical (unpaired) electrons. The molecule has 3 aromatic heterocycles. The molecule has 0 unspecified atom stereocenters. The van der Waals surface area contributed by atoms with E-state index in [1.165, 1.54) is 39.8 Å². The molecule has 1 aliphatic heterocycles. The highest BCUT2D eigenvalue weighted by atomic mass is 32.2. The number of nitrogens with two attached hydrogens (primary N) is 1. The number of imidazole rings is 1. The van der Waals surface area contributed by atoms with Crippen LogP contribution in [0.15, 0.2) is 42.9 Å². The lowest BCUT2D eigenvalue weighted by Gasteiger charge is -2.16. The van der Waals surface area contributed by atoms with E-state index in [-0.39, 0.29) is 28.5 Å². The van der Waals surface area contributed by atoms with E-state index in [9.17, 15) is 28.5 Å². The van der Waals surface area contributed by atoms with Gasteiger partial charge in [-0.15, -0.1) is 5.10 Å². The highest BCUT2D eigenvalue weighted by Gasteiger charge is 2.45. The highest BCUT2D eigenvalue weighted by molar-refractivity contribution is 7.85. The van der Waals surface area contributed by atoms with Crippen LogP contribution in [0.3, 0.4) is 0 Å². The molecule has 43 heavy (non-hydrogen) atoms. The predicted octanol–water partition coefficient (Wildman–Crippen LogP) is -0.0372. The van der Waals surface area contributed by atoms with E-state index in [1.54, 1.807) is 10.9 Å². The van der Waals surface area contributed by atoms with Crippen LogP contribution in [0.5, 0.6) is 5.75 Å². The number of nitrogen functional groups attached to an aromatic ring is 1. The zero-order valence-electron chi connectivity index (χ0n) is 22.4. The number of benzene rings is 1. The number of anilines is 1. The molecule has 1 fully saturated rings. The van der Waals surface area contributed by atoms with Gasteiger partial charge in [-0.1, -0.05) is 23.4 Å². The molecule has 6 rings (SSSR count). The molecule has 2 aliphatic rings. The van der Waals surface area contributed by atoms with Gasteiger partial charge in [0.25, 0.3) is 11.9 Å². The van der Waals surface area contributed by atoms with Crippen LogP contribution in [0.2, 0.25) is 0 Å². The Kier molecular flexibility index (Phi) is 7.52. The van der Waals surface area contributed by atoms with E-state index in [4.69, 9.17) is 14.7 Å². The summed E-state index contributed by atoms with van der Waals surface area (Å²) in [5.41, 5.74) is 7.98. The Balaban J connectivity index is 1.19. The van der Waals surface area contributed by atoms with Crippen molar-refractivity contribution < 1.29 is 37.5 Å². The average molecular weight is 614 g/mol. The van der Waals surface area contributed by atoms with Gasteiger partial charge < -0.3 is 25.8 Å². The Morgan fingerprint density at radius 2 is 2.00 bits per heavy atom. The molecule has 17 nitrogen and oxygen atoms in total. The number of carbonyl (C=O) groups is 1. The van der Waals surface area contributed by atoms with Gasteiger partial charge in [-0.3, -0.25) is 13.5 Å². The number of rotatable bonds is 8. The number of hydrogen-bond donors (Lipinski definition) is 5. The normalized spacial score (nSPS) is 22.5. The quantitative estimate of drug-likeness (QED) is 0.175. The van der Waals surface area contributed by atoms with Gasteiger partial charge in [0.1, 0.15) is 35.3 Å². The van der Waals surface area contributed by atoms with Gasteiger partial charge in [0.15, 0.2) is 17.7 Å². The molecule has 6 N–H and O–H groups in total. The van der Waals surface area contributed by atoms with Gasteiger partial charge in [0, 0.05) is 0 Å². The Hall–Kier alpha value is -4.49. The van der Waals surface area contributed by atoms with Crippen molar-refractivity contribution in [3.8, 4) is 11.7 Å². The standard InChI is InChI=1S/C25H27N9O8S/c26-21-18-22(29-25(28-21)34-10-15(30-32-34)13-6-2-1-3-7-13)33(12-27-18)24-20(37)19(36)17(42-24)11-41-43(39,40)31-23(38)14-8-4-5-9-16(14)35/h4-6,8-10,12,17,19-20,24,35-37H,1-3,7,11H2,(H,31,38)(H2,26,28,29)/t17-,19-,20-,24-/m1/s1. The van der Waals surface area contributed by atoms with Gasteiger partial charge in [0.05, 0.1) is 24.7 Å². The molecule has 0 spiro atoms. The number of nitrogens with one attached hydrogen (secondary N) is 1. The summed E-state index contributed by atoms with van der Waals surface area (Å²) < 4.78 is 39.7. The van der Waals surface area contributed by atoms with Crippen molar-refractivity contribution in [3.63, 3.8) is 0 Å². The zero-order chi connectivity index (χ0) is 30.3. The van der Waals surface area contributed by atoms with Crippen molar-refractivity contribution in [2.75, 3.05) is 12.3 Å². The summed E-state index contributed by atoms with van der Waals surface area (Å²) >= 11 is 0. The van der Waals surface area contributed by atoms with E-state index in [1.807, 2.05) is 0 Å². The first-order valence-corrected chi connectivity index (χ1v) is 14.7. The Morgan fingerprint density at radius 3 is 2.77 bits per heavy atom. The van der Waals surface area contributed by atoms with Gasteiger partial charge >= 0.3 is 10.3 Å². The fraction of sp³-hybridized carbons (Fsp3) is 0.360. The second-order valence-corrected chi connectivity index (χ2v) is 11.3. The molecule has 0 saturated carbocycles. The van der Waals surface area contributed by atoms with Crippen molar-refractivity contribution >= 4 is 38.8 Å². The third kappa shape index (κ3) is 5.65. The molecular weight excluding hydrogens is 586 g/mol. The third-order valence-corrected chi connectivity index (χ3v) is 8.00. The van der Waals surface area contributed by atoms with Crippen LogP contribution < -0.4 is 10.5 Å². The maximum atomic E-state index is 12.4. The second-order valence-electron chi connectivity index (χ2n) is 9.99. The number of phenolic OH excluding ortho intramolecular Hbond substituents is 1. The SMILES string of the molecule is Nc1nc(-n2cc(C3=CCCCC3)nn2)nc2c1ncn2[C@@H]1O[C@H](COS(=O)(=O)NC(=O)c2ccccc2O)[C@@H](O)[C@H]1O. The molecule has 1 saturated heterocycles. The number of phenols is 1. The molecule has 1 amide bonds. The van der Waals surface area contributed by atoms with E-state index in [2.05, 4.69) is 31.3 Å². The van der Waals surface area contributed by atoms with Crippen LogP contribution in [0.1, 0.15) is 48.0 Å². The van der Waals surface area contributed by atoms with Crippen molar-refractivity contribution in [2.24, 2.45) is 0 Å². The number of fused-ring (bicyclic) bond motifs is 1. The topological polar surface area (TPSA) is 243 Å². The summed E-state index contributed by atoms with van der Waals surface area (Å²) in [6.07, 6.45) is 3.40. The maximum Gasteiger partial charge on any atom is 0.362 e. The summed E-state index contributed by atoms with van der Waals surface area (Å²) in [6.45, 7) is -0.759. The Bertz CT molecular complexity index is 1820. The number of aliphatic hydroxyl groups is 2. The molecule has 226 valence electrons. The number of carbonyl (C=O) groups excluding carboxylic acids is 1. The van der Waals surface area contributed by atoms with Crippen molar-refractivity contribution in [2.45, 2.75) is 50.2 Å². The summed E-state index contributed by atoms with van der Waals surface area (Å²) in [5.74, 6) is -1.45. The van der Waals surface area contributed by atoms with Crippen LogP contribution in [0.25, 0.3) is 22.7 Å². The van der Waals surface area contributed by atoms with Gasteiger partial charge in [-0.05, 0) is 43.4 Å². The summed E-state index contributed by atoms with van der Waals surface area (Å²) in [7, 11) is -4.69. The van der Waals surface area contributed by atoms with Crippen LogP contribution in [-0.2, 0) is 19.2 Å². The minimum Gasteiger partial charge on any atom is -0.507 e. The smallest absolute Gasteiger partial charge is 0.362 e.